The Balaban J connectivity index is 1.41. The van der Waals surface area contributed by atoms with Crippen LogP contribution in [0.2, 0.25) is 0 Å². The second kappa shape index (κ2) is 9.22. The van der Waals surface area contributed by atoms with Gasteiger partial charge < -0.3 is 15.4 Å². The number of rotatable bonds is 8. The number of para-hydroxylation sites is 1. The van der Waals surface area contributed by atoms with Crippen molar-refractivity contribution in [3.8, 4) is 5.75 Å². The quantitative estimate of drug-likeness (QED) is 0.651. The van der Waals surface area contributed by atoms with Crippen LogP contribution in [0, 0.1) is 0 Å². The van der Waals surface area contributed by atoms with Crippen molar-refractivity contribution in [3.05, 3.63) is 84.6 Å². The van der Waals surface area contributed by atoms with Crippen molar-refractivity contribution < 1.29 is 9.53 Å². The van der Waals surface area contributed by atoms with Crippen LogP contribution in [0.5, 0.6) is 5.75 Å². The lowest BCUT2D eigenvalue weighted by molar-refractivity contribution is -0.118. The molecule has 0 bridgehead atoms. The Bertz CT molecular complexity index is 806. The van der Waals surface area contributed by atoms with Gasteiger partial charge in [-0.3, -0.25) is 4.79 Å². The smallest absolute Gasteiger partial charge is 0.262 e. The fraction of sp³-hybridized carbons (Fsp3) is 0.143. The van der Waals surface area contributed by atoms with E-state index in [4.69, 9.17) is 4.74 Å². The summed E-state index contributed by atoms with van der Waals surface area (Å²) in [7, 11) is 0. The standard InChI is InChI=1S/C21H21N3O2/c25-21(16-26-19-9-5-2-6-10-19)24-18-11-12-20(23-15-18)22-14-13-17-7-3-1-4-8-17/h1-12,15H,13-14,16H2,(H,22,23)(H,24,25). The van der Waals surface area contributed by atoms with Crippen molar-refractivity contribution in [2.45, 2.75) is 6.42 Å². The Kier molecular flexibility index (Phi) is 6.20. The van der Waals surface area contributed by atoms with Crippen molar-refractivity contribution >= 4 is 17.4 Å². The van der Waals surface area contributed by atoms with E-state index >= 15 is 0 Å². The highest BCUT2D eigenvalue weighted by Crippen LogP contribution is 2.11. The largest absolute Gasteiger partial charge is 0.484 e. The molecule has 1 heterocycles. The molecule has 5 heteroatoms. The summed E-state index contributed by atoms with van der Waals surface area (Å²) in [5.74, 6) is 1.22. The summed E-state index contributed by atoms with van der Waals surface area (Å²) in [6.45, 7) is 0.759. The fourth-order valence-corrected chi connectivity index (χ4v) is 2.41. The summed E-state index contributed by atoms with van der Waals surface area (Å²) in [5.41, 5.74) is 1.92. The summed E-state index contributed by atoms with van der Waals surface area (Å²) >= 11 is 0. The van der Waals surface area contributed by atoms with Gasteiger partial charge in [-0.05, 0) is 36.2 Å². The third-order valence-electron chi connectivity index (χ3n) is 3.72. The summed E-state index contributed by atoms with van der Waals surface area (Å²) < 4.78 is 5.41. The van der Waals surface area contributed by atoms with Gasteiger partial charge in [0, 0.05) is 6.54 Å². The van der Waals surface area contributed by atoms with Gasteiger partial charge in [-0.25, -0.2) is 4.98 Å². The van der Waals surface area contributed by atoms with Gasteiger partial charge in [0.05, 0.1) is 11.9 Å². The van der Waals surface area contributed by atoms with E-state index < -0.39 is 0 Å². The third-order valence-corrected chi connectivity index (χ3v) is 3.72. The average Bonchev–Trinajstić information content (AvgIpc) is 2.69. The highest BCUT2D eigenvalue weighted by atomic mass is 16.5. The number of ether oxygens (including phenoxy) is 1. The minimum atomic E-state index is -0.222. The Morgan fingerprint density at radius 2 is 1.65 bits per heavy atom. The van der Waals surface area contributed by atoms with Gasteiger partial charge in [-0.15, -0.1) is 0 Å². The maximum Gasteiger partial charge on any atom is 0.262 e. The van der Waals surface area contributed by atoms with E-state index in [-0.39, 0.29) is 12.5 Å². The SMILES string of the molecule is O=C(COc1ccccc1)Nc1ccc(NCCc2ccccc2)nc1. The van der Waals surface area contributed by atoms with E-state index in [9.17, 15) is 4.79 Å². The zero-order valence-corrected chi connectivity index (χ0v) is 14.4. The molecule has 0 radical (unpaired) electrons. The van der Waals surface area contributed by atoms with Gasteiger partial charge in [0.2, 0.25) is 0 Å². The first kappa shape index (κ1) is 17.5. The van der Waals surface area contributed by atoms with Crippen LogP contribution in [0.25, 0.3) is 0 Å². The third kappa shape index (κ3) is 5.63. The maximum absolute atomic E-state index is 11.9. The number of nitrogens with zero attached hydrogens (tertiary/aromatic N) is 1. The van der Waals surface area contributed by atoms with Gasteiger partial charge >= 0.3 is 0 Å². The highest BCUT2D eigenvalue weighted by molar-refractivity contribution is 5.91. The number of carbonyl (C=O) groups excluding carboxylic acids is 1. The molecule has 0 aliphatic carbocycles. The molecule has 0 aliphatic heterocycles. The number of benzene rings is 2. The van der Waals surface area contributed by atoms with Crippen LogP contribution in [0.3, 0.4) is 0 Å². The first-order valence-corrected chi connectivity index (χ1v) is 8.51. The molecule has 2 aromatic carbocycles. The lowest BCUT2D eigenvalue weighted by Gasteiger charge is -2.09. The average molecular weight is 347 g/mol. The molecule has 1 amide bonds. The zero-order chi connectivity index (χ0) is 18.0. The lowest BCUT2D eigenvalue weighted by atomic mass is 10.1. The van der Waals surface area contributed by atoms with Gasteiger partial charge in [-0.2, -0.15) is 0 Å². The van der Waals surface area contributed by atoms with Crippen molar-refractivity contribution in [1.29, 1.82) is 0 Å². The molecule has 3 aromatic rings. The predicted octanol–water partition coefficient (Wildman–Crippen LogP) is 3.75. The Hall–Kier alpha value is -3.34. The number of carbonyl (C=O) groups is 1. The maximum atomic E-state index is 11.9. The van der Waals surface area contributed by atoms with Gasteiger partial charge in [0.25, 0.3) is 5.91 Å². The number of aromatic nitrogens is 1. The second-order valence-electron chi connectivity index (χ2n) is 5.74. The van der Waals surface area contributed by atoms with E-state index in [2.05, 4.69) is 27.8 Å². The minimum Gasteiger partial charge on any atom is -0.484 e. The summed E-state index contributed by atoms with van der Waals surface area (Å²) in [6, 6.07) is 23.2. The molecule has 0 aliphatic rings. The van der Waals surface area contributed by atoms with Crippen LogP contribution < -0.4 is 15.4 Å². The Morgan fingerprint density at radius 1 is 0.923 bits per heavy atom. The molecule has 0 saturated carbocycles. The number of hydrogen-bond donors (Lipinski definition) is 2. The van der Waals surface area contributed by atoms with Crippen molar-refractivity contribution in [2.24, 2.45) is 0 Å². The van der Waals surface area contributed by atoms with E-state index in [0.717, 1.165) is 18.8 Å². The van der Waals surface area contributed by atoms with E-state index in [0.29, 0.717) is 11.4 Å². The predicted molar refractivity (Wildman–Crippen MR) is 103 cm³/mol. The number of hydrogen-bond acceptors (Lipinski definition) is 4. The first-order chi connectivity index (χ1) is 12.8. The van der Waals surface area contributed by atoms with E-state index in [1.807, 2.05) is 60.7 Å². The molecule has 0 spiro atoms. The Morgan fingerprint density at radius 3 is 2.35 bits per heavy atom. The molecule has 132 valence electrons. The van der Waals surface area contributed by atoms with E-state index in [1.165, 1.54) is 5.56 Å². The van der Waals surface area contributed by atoms with E-state index in [1.54, 1.807) is 6.20 Å². The Labute approximate surface area is 153 Å². The molecule has 3 rings (SSSR count). The molecule has 5 nitrogen and oxygen atoms in total. The molecule has 1 aromatic heterocycles. The van der Waals surface area contributed by atoms with Crippen LogP contribution in [0.15, 0.2) is 79.0 Å². The lowest BCUT2D eigenvalue weighted by Crippen LogP contribution is -2.20. The van der Waals surface area contributed by atoms with Crippen LogP contribution in [-0.2, 0) is 11.2 Å². The van der Waals surface area contributed by atoms with Gasteiger partial charge in [0.15, 0.2) is 6.61 Å². The molecule has 26 heavy (non-hydrogen) atoms. The molecular formula is C21H21N3O2. The number of pyridine rings is 1. The van der Waals surface area contributed by atoms with Crippen LogP contribution >= 0.6 is 0 Å². The van der Waals surface area contributed by atoms with Crippen LogP contribution in [0.1, 0.15) is 5.56 Å². The number of nitrogens with one attached hydrogen (secondary N) is 2. The molecule has 0 unspecified atom stereocenters. The van der Waals surface area contributed by atoms with Crippen molar-refractivity contribution in [1.82, 2.24) is 4.98 Å². The monoisotopic (exact) mass is 347 g/mol. The highest BCUT2D eigenvalue weighted by Gasteiger charge is 2.04. The summed E-state index contributed by atoms with van der Waals surface area (Å²) in [5, 5.41) is 6.04. The molecule has 0 saturated heterocycles. The summed E-state index contributed by atoms with van der Waals surface area (Å²) in [6.07, 6.45) is 2.56. The molecule has 2 N–H and O–H groups in total. The minimum absolute atomic E-state index is 0.0406. The number of anilines is 2. The topological polar surface area (TPSA) is 63.2 Å². The van der Waals surface area contributed by atoms with Crippen LogP contribution in [-0.4, -0.2) is 24.0 Å². The zero-order valence-electron chi connectivity index (χ0n) is 14.4. The normalized spacial score (nSPS) is 10.2. The van der Waals surface area contributed by atoms with Gasteiger partial charge in [0.1, 0.15) is 11.6 Å². The van der Waals surface area contributed by atoms with Gasteiger partial charge in [-0.1, -0.05) is 48.5 Å². The molecular weight excluding hydrogens is 326 g/mol. The van der Waals surface area contributed by atoms with Crippen LogP contribution in [0.4, 0.5) is 11.5 Å². The molecule has 0 fully saturated rings. The fourth-order valence-electron chi connectivity index (χ4n) is 2.41. The number of amides is 1. The van der Waals surface area contributed by atoms with Crippen molar-refractivity contribution in [3.63, 3.8) is 0 Å². The summed E-state index contributed by atoms with van der Waals surface area (Å²) in [4.78, 5) is 16.2. The first-order valence-electron chi connectivity index (χ1n) is 8.51. The molecule has 0 atom stereocenters. The second-order valence-corrected chi connectivity index (χ2v) is 5.74. The van der Waals surface area contributed by atoms with Crippen molar-refractivity contribution in [2.75, 3.05) is 23.8 Å².